The van der Waals surface area contributed by atoms with Gasteiger partial charge >= 0.3 is 6.03 Å². The summed E-state index contributed by atoms with van der Waals surface area (Å²) in [6.45, 7) is 1.93. The quantitative estimate of drug-likeness (QED) is 0.717. The van der Waals surface area contributed by atoms with Gasteiger partial charge in [-0.2, -0.15) is 0 Å². The number of thiocarbonyl (C=S) groups is 1. The molecular weight excluding hydrogens is 234 g/mol. The van der Waals surface area contributed by atoms with Gasteiger partial charge in [0.1, 0.15) is 4.99 Å². The fraction of sp³-hybridized carbons (Fsp3) is 0.333. The minimum Gasteiger partial charge on any atom is -0.389 e. The number of aryl methyl sites for hydroxylation is 1. The number of rotatable bonds is 3. The van der Waals surface area contributed by atoms with Gasteiger partial charge in [-0.05, 0) is 31.4 Å². The Kier molecular flexibility index (Phi) is 3.28. The van der Waals surface area contributed by atoms with E-state index >= 15 is 0 Å². The highest BCUT2D eigenvalue weighted by molar-refractivity contribution is 7.80. The molecule has 90 valence electrons. The van der Waals surface area contributed by atoms with Crippen LogP contribution in [0.3, 0.4) is 0 Å². The Morgan fingerprint density at radius 3 is 2.76 bits per heavy atom. The van der Waals surface area contributed by atoms with Crippen LogP contribution < -0.4 is 16.4 Å². The molecule has 0 aromatic heterocycles. The Balaban J connectivity index is 2.09. The van der Waals surface area contributed by atoms with Crippen molar-refractivity contribution in [2.75, 3.05) is 5.32 Å². The average Bonchev–Trinajstić information content (AvgIpc) is 3.04. The number of anilines is 1. The van der Waals surface area contributed by atoms with Crippen LogP contribution >= 0.6 is 12.2 Å². The highest BCUT2D eigenvalue weighted by Gasteiger charge is 2.23. The normalized spacial score (nSPS) is 14.2. The molecule has 0 unspecified atom stereocenters. The highest BCUT2D eigenvalue weighted by Crippen LogP contribution is 2.20. The predicted octanol–water partition coefficient (Wildman–Crippen LogP) is 1.91. The predicted molar refractivity (Wildman–Crippen MR) is 72.2 cm³/mol. The molecule has 0 bridgehead atoms. The monoisotopic (exact) mass is 249 g/mol. The molecule has 0 aliphatic heterocycles. The average molecular weight is 249 g/mol. The molecule has 1 aliphatic rings. The third-order valence-corrected chi connectivity index (χ3v) is 2.92. The Bertz CT molecular complexity index is 469. The topological polar surface area (TPSA) is 67.1 Å². The first-order chi connectivity index (χ1) is 8.06. The Labute approximate surface area is 106 Å². The third-order valence-electron chi connectivity index (χ3n) is 2.68. The number of urea groups is 1. The summed E-state index contributed by atoms with van der Waals surface area (Å²) in [6.07, 6.45) is 2.14. The molecule has 0 radical (unpaired) electrons. The molecule has 0 atom stereocenters. The number of carbonyl (C=O) groups excluding carboxylic acids is 1. The molecule has 2 rings (SSSR count). The lowest BCUT2D eigenvalue weighted by Crippen LogP contribution is -2.30. The molecule has 4 N–H and O–H groups in total. The Morgan fingerprint density at radius 1 is 1.47 bits per heavy atom. The standard InChI is InChI=1S/C12H15N3OS/c1-7-2-3-8(11(13)17)6-10(7)15-12(16)14-9-4-5-9/h2-3,6,9H,4-5H2,1H3,(H2,13,17)(H2,14,15,16). The zero-order valence-electron chi connectivity index (χ0n) is 9.62. The van der Waals surface area contributed by atoms with Crippen molar-refractivity contribution in [3.63, 3.8) is 0 Å². The van der Waals surface area contributed by atoms with Crippen molar-refractivity contribution in [2.24, 2.45) is 5.73 Å². The molecule has 17 heavy (non-hydrogen) atoms. The Morgan fingerprint density at radius 2 is 2.18 bits per heavy atom. The van der Waals surface area contributed by atoms with Gasteiger partial charge in [-0.3, -0.25) is 0 Å². The van der Waals surface area contributed by atoms with Crippen LogP contribution in [0.1, 0.15) is 24.0 Å². The van der Waals surface area contributed by atoms with Crippen molar-refractivity contribution in [1.29, 1.82) is 0 Å². The summed E-state index contributed by atoms with van der Waals surface area (Å²) in [5.74, 6) is 0. The van der Waals surface area contributed by atoms with Crippen molar-refractivity contribution in [3.05, 3.63) is 29.3 Å². The maximum absolute atomic E-state index is 11.6. The molecule has 1 aromatic carbocycles. The molecule has 0 heterocycles. The van der Waals surface area contributed by atoms with Crippen LogP contribution in [0, 0.1) is 6.92 Å². The molecule has 2 amide bonds. The molecule has 1 aromatic rings. The number of nitrogens with one attached hydrogen (secondary N) is 2. The summed E-state index contributed by atoms with van der Waals surface area (Å²) in [7, 11) is 0. The maximum Gasteiger partial charge on any atom is 0.319 e. The highest BCUT2D eigenvalue weighted by atomic mass is 32.1. The number of benzene rings is 1. The summed E-state index contributed by atoms with van der Waals surface area (Å²) < 4.78 is 0. The lowest BCUT2D eigenvalue weighted by Gasteiger charge is -2.10. The van der Waals surface area contributed by atoms with Crippen LogP contribution in [-0.2, 0) is 0 Å². The van der Waals surface area contributed by atoms with Gasteiger partial charge in [0.05, 0.1) is 0 Å². The SMILES string of the molecule is Cc1ccc(C(N)=S)cc1NC(=O)NC1CC1. The molecule has 1 fully saturated rings. The second-order valence-electron chi connectivity index (χ2n) is 4.27. The van der Waals surface area contributed by atoms with Gasteiger partial charge < -0.3 is 16.4 Å². The van der Waals surface area contributed by atoms with Crippen molar-refractivity contribution >= 4 is 28.9 Å². The molecule has 0 saturated heterocycles. The molecule has 1 saturated carbocycles. The fourth-order valence-electron chi connectivity index (χ4n) is 1.48. The second-order valence-corrected chi connectivity index (χ2v) is 4.71. The molecule has 0 spiro atoms. The van der Waals surface area contributed by atoms with Gasteiger partial charge in [-0.25, -0.2) is 4.79 Å². The summed E-state index contributed by atoms with van der Waals surface area (Å²) in [5.41, 5.74) is 8.04. The van der Waals surface area contributed by atoms with Crippen molar-refractivity contribution in [2.45, 2.75) is 25.8 Å². The van der Waals surface area contributed by atoms with E-state index in [4.69, 9.17) is 18.0 Å². The van der Waals surface area contributed by atoms with Crippen LogP contribution in [0.15, 0.2) is 18.2 Å². The smallest absolute Gasteiger partial charge is 0.319 e. The van der Waals surface area contributed by atoms with E-state index in [0.717, 1.165) is 29.7 Å². The van der Waals surface area contributed by atoms with Gasteiger partial charge in [0, 0.05) is 17.3 Å². The van der Waals surface area contributed by atoms with E-state index in [2.05, 4.69) is 10.6 Å². The van der Waals surface area contributed by atoms with E-state index in [1.807, 2.05) is 19.1 Å². The maximum atomic E-state index is 11.6. The van der Waals surface area contributed by atoms with Crippen molar-refractivity contribution in [3.8, 4) is 0 Å². The Hall–Kier alpha value is -1.62. The minimum absolute atomic E-state index is 0.171. The summed E-state index contributed by atoms with van der Waals surface area (Å²) in [5, 5.41) is 5.68. The summed E-state index contributed by atoms with van der Waals surface area (Å²) >= 11 is 4.91. The molecular formula is C12H15N3OS. The van der Waals surface area contributed by atoms with Crippen LogP contribution in [0.2, 0.25) is 0 Å². The fourth-order valence-corrected chi connectivity index (χ4v) is 1.61. The van der Waals surface area contributed by atoms with Crippen molar-refractivity contribution in [1.82, 2.24) is 5.32 Å². The molecule has 5 heteroatoms. The second kappa shape index (κ2) is 4.71. The number of nitrogens with two attached hydrogens (primary N) is 1. The zero-order valence-corrected chi connectivity index (χ0v) is 10.4. The van der Waals surface area contributed by atoms with Gasteiger partial charge in [-0.1, -0.05) is 24.4 Å². The first-order valence-corrected chi connectivity index (χ1v) is 5.95. The first kappa shape index (κ1) is 11.9. The zero-order chi connectivity index (χ0) is 12.4. The van der Waals surface area contributed by atoms with E-state index in [1.54, 1.807) is 6.07 Å². The number of hydrogen-bond donors (Lipinski definition) is 3. The van der Waals surface area contributed by atoms with Gasteiger partial charge in [0.25, 0.3) is 0 Å². The van der Waals surface area contributed by atoms with E-state index in [0.29, 0.717) is 11.0 Å². The van der Waals surface area contributed by atoms with Crippen LogP contribution in [0.25, 0.3) is 0 Å². The van der Waals surface area contributed by atoms with Gasteiger partial charge in [0.15, 0.2) is 0 Å². The lowest BCUT2D eigenvalue weighted by molar-refractivity contribution is 0.251. The van der Waals surface area contributed by atoms with Gasteiger partial charge in [0.2, 0.25) is 0 Å². The van der Waals surface area contributed by atoms with E-state index in [9.17, 15) is 4.79 Å². The van der Waals surface area contributed by atoms with Crippen LogP contribution in [-0.4, -0.2) is 17.1 Å². The lowest BCUT2D eigenvalue weighted by atomic mass is 10.1. The molecule has 4 nitrogen and oxygen atoms in total. The van der Waals surface area contributed by atoms with Crippen LogP contribution in [0.4, 0.5) is 10.5 Å². The minimum atomic E-state index is -0.171. The largest absolute Gasteiger partial charge is 0.389 e. The summed E-state index contributed by atoms with van der Waals surface area (Å²) in [6, 6.07) is 5.71. The van der Waals surface area contributed by atoms with E-state index in [-0.39, 0.29) is 6.03 Å². The van der Waals surface area contributed by atoms with E-state index < -0.39 is 0 Å². The number of amides is 2. The van der Waals surface area contributed by atoms with Crippen LogP contribution in [0.5, 0.6) is 0 Å². The first-order valence-electron chi connectivity index (χ1n) is 5.54. The number of carbonyl (C=O) groups is 1. The summed E-state index contributed by atoms with van der Waals surface area (Å²) in [4.78, 5) is 11.9. The van der Waals surface area contributed by atoms with Gasteiger partial charge in [-0.15, -0.1) is 0 Å². The third kappa shape index (κ3) is 3.17. The van der Waals surface area contributed by atoms with E-state index in [1.165, 1.54) is 0 Å². The van der Waals surface area contributed by atoms with Crippen molar-refractivity contribution < 1.29 is 4.79 Å². The molecule has 1 aliphatic carbocycles. The number of hydrogen-bond acceptors (Lipinski definition) is 2.